The number of nitrogens with one attached hydrogen (secondary N) is 3. The molecule has 286 valence electrons. The maximum atomic E-state index is 14.0. The van der Waals surface area contributed by atoms with Gasteiger partial charge in [0.2, 0.25) is 11.8 Å². The second kappa shape index (κ2) is 17.6. The van der Waals surface area contributed by atoms with Gasteiger partial charge in [-0.2, -0.15) is 13.2 Å². The van der Waals surface area contributed by atoms with Gasteiger partial charge in [0.25, 0.3) is 5.91 Å². The summed E-state index contributed by atoms with van der Waals surface area (Å²) in [7, 11) is 0. The third-order valence-electron chi connectivity index (χ3n) is 9.86. The van der Waals surface area contributed by atoms with Crippen LogP contribution in [-0.2, 0) is 30.7 Å². The van der Waals surface area contributed by atoms with Crippen LogP contribution in [0.2, 0.25) is 0 Å². The standard InChI is InChI=1S/C42H47F3N4O5/c1-4-46-39(52)41(40(53)47-5-2,31-14-8-6-9-15-31)27-54-36(50)26-29-24-28(3)37(35(25-29)49-22-12-7-13-23-49)48-38(51)34-17-11-10-16-33(34)30-18-20-32(21-19-30)42(43,44)45/h6,8-11,14-21,25,28H,4-5,7,12-13,22-24,26-27H2,1-3H3,(H,46,52)(H,47,53)(H,48,51). The Morgan fingerprint density at radius 2 is 1.41 bits per heavy atom. The number of carbonyl (C=O) groups is 4. The second-order valence-corrected chi connectivity index (χ2v) is 13.7. The summed E-state index contributed by atoms with van der Waals surface area (Å²) in [4.78, 5) is 56.8. The van der Waals surface area contributed by atoms with Gasteiger partial charge in [0.1, 0.15) is 6.61 Å². The molecule has 3 aromatic rings. The summed E-state index contributed by atoms with van der Waals surface area (Å²) in [6.07, 6.45) is 0.780. The third kappa shape index (κ3) is 9.03. The number of ether oxygens (including phenoxy) is 1. The number of hydrogen-bond acceptors (Lipinski definition) is 6. The molecule has 0 saturated carbocycles. The van der Waals surface area contributed by atoms with Crippen LogP contribution in [0.3, 0.4) is 0 Å². The van der Waals surface area contributed by atoms with Gasteiger partial charge in [-0.3, -0.25) is 19.2 Å². The Morgan fingerprint density at radius 3 is 2.02 bits per heavy atom. The molecule has 54 heavy (non-hydrogen) atoms. The van der Waals surface area contributed by atoms with Crippen LogP contribution in [0.15, 0.2) is 102 Å². The van der Waals surface area contributed by atoms with Gasteiger partial charge in [-0.05, 0) is 80.5 Å². The Hall–Kier alpha value is -5.39. The smallest absolute Gasteiger partial charge is 0.416 e. The molecule has 1 heterocycles. The topological polar surface area (TPSA) is 117 Å². The molecular weight excluding hydrogens is 697 g/mol. The number of esters is 1. The zero-order valence-corrected chi connectivity index (χ0v) is 30.9. The number of hydrogen-bond donors (Lipinski definition) is 3. The molecule has 3 aromatic carbocycles. The molecule has 1 atom stereocenters. The molecule has 0 bridgehead atoms. The summed E-state index contributed by atoms with van der Waals surface area (Å²) in [6.45, 7) is 7.03. The highest BCUT2D eigenvalue weighted by atomic mass is 19.4. The zero-order valence-electron chi connectivity index (χ0n) is 30.9. The number of carbonyl (C=O) groups excluding carboxylic acids is 4. The van der Waals surface area contributed by atoms with Gasteiger partial charge < -0.3 is 25.6 Å². The van der Waals surface area contributed by atoms with E-state index < -0.39 is 47.5 Å². The van der Waals surface area contributed by atoms with E-state index in [9.17, 15) is 32.3 Å². The molecule has 1 aliphatic carbocycles. The molecule has 1 saturated heterocycles. The van der Waals surface area contributed by atoms with Crippen LogP contribution in [-0.4, -0.2) is 61.4 Å². The normalized spacial score (nSPS) is 16.3. The van der Waals surface area contributed by atoms with E-state index in [0.717, 1.165) is 55.8 Å². The van der Waals surface area contributed by atoms with Crippen molar-refractivity contribution in [2.24, 2.45) is 5.92 Å². The highest BCUT2D eigenvalue weighted by Crippen LogP contribution is 2.35. The molecule has 1 unspecified atom stereocenters. The van der Waals surface area contributed by atoms with Crippen LogP contribution in [0.5, 0.6) is 0 Å². The summed E-state index contributed by atoms with van der Waals surface area (Å²) in [5.41, 5.74) is 1.38. The first-order valence-corrected chi connectivity index (χ1v) is 18.4. The number of allylic oxidation sites excluding steroid dienone is 2. The lowest BCUT2D eigenvalue weighted by atomic mass is 9.79. The summed E-state index contributed by atoms with van der Waals surface area (Å²) in [6, 6.07) is 20.1. The lowest BCUT2D eigenvalue weighted by molar-refractivity contribution is -0.150. The van der Waals surface area contributed by atoms with Gasteiger partial charge in [-0.1, -0.05) is 73.2 Å². The Kier molecular flexibility index (Phi) is 13.0. The minimum absolute atomic E-state index is 0.0880. The Bertz CT molecular complexity index is 1870. The summed E-state index contributed by atoms with van der Waals surface area (Å²) in [5.74, 6) is -2.36. The van der Waals surface area contributed by atoms with Crippen LogP contribution in [0.25, 0.3) is 11.1 Å². The Morgan fingerprint density at radius 1 is 0.796 bits per heavy atom. The molecule has 3 N–H and O–H groups in total. The van der Waals surface area contributed by atoms with E-state index in [1.54, 1.807) is 68.4 Å². The third-order valence-corrected chi connectivity index (χ3v) is 9.86. The van der Waals surface area contributed by atoms with Crippen LogP contribution >= 0.6 is 0 Å². The van der Waals surface area contributed by atoms with Crippen molar-refractivity contribution in [1.29, 1.82) is 0 Å². The van der Waals surface area contributed by atoms with Crippen molar-refractivity contribution in [2.75, 3.05) is 32.8 Å². The first kappa shape index (κ1) is 39.8. The molecule has 12 heteroatoms. The summed E-state index contributed by atoms with van der Waals surface area (Å²) >= 11 is 0. The van der Waals surface area contributed by atoms with E-state index in [2.05, 4.69) is 20.9 Å². The summed E-state index contributed by atoms with van der Waals surface area (Å²) in [5, 5.41) is 8.61. The van der Waals surface area contributed by atoms with Crippen molar-refractivity contribution in [3.63, 3.8) is 0 Å². The van der Waals surface area contributed by atoms with Crippen LogP contribution in [0, 0.1) is 5.92 Å². The fourth-order valence-corrected chi connectivity index (χ4v) is 7.10. The average molecular weight is 745 g/mol. The molecule has 9 nitrogen and oxygen atoms in total. The van der Waals surface area contributed by atoms with Crippen molar-refractivity contribution in [1.82, 2.24) is 20.9 Å². The summed E-state index contributed by atoms with van der Waals surface area (Å²) < 4.78 is 45.5. The van der Waals surface area contributed by atoms with Gasteiger partial charge >= 0.3 is 12.1 Å². The van der Waals surface area contributed by atoms with E-state index in [1.807, 2.05) is 13.0 Å². The predicted octanol–water partition coefficient (Wildman–Crippen LogP) is 6.91. The van der Waals surface area contributed by atoms with E-state index in [0.29, 0.717) is 34.4 Å². The maximum Gasteiger partial charge on any atom is 0.416 e. The van der Waals surface area contributed by atoms with Gasteiger partial charge in [-0.25, -0.2) is 0 Å². The molecule has 1 fully saturated rings. The molecule has 0 spiro atoms. The molecular formula is C42H47F3N4O5. The zero-order chi connectivity index (χ0) is 38.9. The predicted molar refractivity (Wildman–Crippen MR) is 200 cm³/mol. The molecule has 0 radical (unpaired) electrons. The van der Waals surface area contributed by atoms with E-state index in [-0.39, 0.29) is 25.4 Å². The van der Waals surface area contributed by atoms with E-state index in [4.69, 9.17) is 4.74 Å². The fraction of sp³-hybridized carbons (Fsp3) is 0.381. The molecule has 1 aliphatic heterocycles. The largest absolute Gasteiger partial charge is 0.463 e. The molecule has 5 rings (SSSR count). The minimum atomic E-state index is -4.48. The van der Waals surface area contributed by atoms with Gasteiger partial charge in [0, 0.05) is 43.4 Å². The number of likely N-dealkylation sites (tertiary alicyclic amines) is 1. The van der Waals surface area contributed by atoms with Gasteiger partial charge in [0.15, 0.2) is 5.41 Å². The number of alkyl halides is 3. The van der Waals surface area contributed by atoms with Crippen molar-refractivity contribution >= 4 is 23.7 Å². The lowest BCUT2D eigenvalue weighted by Crippen LogP contribution is -2.57. The van der Waals surface area contributed by atoms with Crippen molar-refractivity contribution in [3.8, 4) is 11.1 Å². The molecule has 3 amide bonds. The van der Waals surface area contributed by atoms with Crippen LogP contribution in [0.4, 0.5) is 13.2 Å². The van der Waals surface area contributed by atoms with Gasteiger partial charge in [0.05, 0.1) is 17.7 Å². The Labute approximate surface area is 314 Å². The SMILES string of the molecule is CCNC(=O)C(COC(=O)CC1=CC(N2CCCCC2)=C(NC(=O)c2ccccc2-c2ccc(C(F)(F)F)cc2)C(C)C1)(C(=O)NCC)c1ccccc1. The maximum absolute atomic E-state index is 14.0. The lowest BCUT2D eigenvalue weighted by Gasteiger charge is -2.36. The van der Waals surface area contributed by atoms with Crippen molar-refractivity contribution in [3.05, 3.63) is 119 Å². The quantitative estimate of drug-likeness (QED) is 0.130. The number of halogens is 3. The van der Waals surface area contributed by atoms with Gasteiger partial charge in [-0.15, -0.1) is 0 Å². The fourth-order valence-electron chi connectivity index (χ4n) is 7.10. The second-order valence-electron chi connectivity index (χ2n) is 13.7. The van der Waals surface area contributed by atoms with Crippen molar-refractivity contribution < 1.29 is 37.1 Å². The molecule has 0 aromatic heterocycles. The number of rotatable bonds is 13. The highest BCUT2D eigenvalue weighted by Gasteiger charge is 2.48. The first-order valence-electron chi connectivity index (χ1n) is 18.4. The Balaban J connectivity index is 1.41. The molecule has 2 aliphatic rings. The first-order chi connectivity index (χ1) is 25.9. The number of amides is 3. The number of piperidine rings is 1. The van der Waals surface area contributed by atoms with E-state index >= 15 is 0 Å². The number of nitrogens with zero attached hydrogens (tertiary/aromatic N) is 1. The van der Waals surface area contributed by atoms with E-state index in [1.165, 1.54) is 12.1 Å². The minimum Gasteiger partial charge on any atom is -0.463 e. The van der Waals surface area contributed by atoms with Crippen molar-refractivity contribution in [2.45, 2.75) is 64.5 Å². The number of benzene rings is 3. The monoisotopic (exact) mass is 744 g/mol. The van der Waals surface area contributed by atoms with Crippen LogP contribution in [0.1, 0.15) is 74.4 Å². The average Bonchev–Trinajstić information content (AvgIpc) is 3.16. The van der Waals surface area contributed by atoms with Crippen LogP contribution < -0.4 is 16.0 Å². The highest BCUT2D eigenvalue weighted by molar-refractivity contribution is 6.11. The number of likely N-dealkylation sites (N-methyl/N-ethyl adjacent to an activating group) is 2.